The summed E-state index contributed by atoms with van der Waals surface area (Å²) in [4.78, 5) is 10.4. The average molecular weight is 130 g/mol. The van der Waals surface area contributed by atoms with Gasteiger partial charge < -0.3 is 10.2 Å². The Balaban J connectivity index is 4.13. The van der Waals surface area contributed by atoms with Crippen LogP contribution >= 0.6 is 0 Å². The Labute approximate surface area is 53.6 Å². The number of rotatable bonds is 3. The third-order valence-corrected chi connectivity index (χ3v) is 1.07. The van der Waals surface area contributed by atoms with Crippen LogP contribution in [0.15, 0.2) is 12.7 Å². The number of carbonyl (C=O) groups excluding carboxylic acids is 1. The van der Waals surface area contributed by atoms with Crippen molar-refractivity contribution >= 4 is 5.78 Å². The van der Waals surface area contributed by atoms with Crippen LogP contribution in [0, 0.1) is 0 Å². The molecule has 0 saturated carbocycles. The Morgan fingerprint density at radius 2 is 2.22 bits per heavy atom. The molecule has 2 N–H and O–H groups in total. The topological polar surface area (TPSA) is 57.5 Å². The zero-order valence-corrected chi connectivity index (χ0v) is 5.29. The number of carbonyl (C=O) groups is 1. The molecule has 0 radical (unpaired) electrons. The van der Waals surface area contributed by atoms with Crippen LogP contribution in [0.4, 0.5) is 0 Å². The van der Waals surface area contributed by atoms with Crippen molar-refractivity contribution in [3.63, 3.8) is 0 Å². The standard InChI is InChI=1S/C6H10O3/c1-3-5(7)6(8,9)4-2/h3,8-9H,1,4H2,2H3. The first-order valence-corrected chi connectivity index (χ1v) is 2.66. The van der Waals surface area contributed by atoms with Crippen molar-refractivity contribution in [2.45, 2.75) is 19.1 Å². The van der Waals surface area contributed by atoms with E-state index in [0.717, 1.165) is 6.08 Å². The molecule has 9 heavy (non-hydrogen) atoms. The summed E-state index contributed by atoms with van der Waals surface area (Å²) < 4.78 is 0. The monoisotopic (exact) mass is 130 g/mol. The Kier molecular flexibility index (Phi) is 2.55. The van der Waals surface area contributed by atoms with Gasteiger partial charge in [-0.05, 0) is 6.08 Å². The van der Waals surface area contributed by atoms with E-state index in [1.165, 1.54) is 6.92 Å². The Hall–Kier alpha value is -0.670. The number of hydrogen-bond donors (Lipinski definition) is 2. The molecule has 3 nitrogen and oxygen atoms in total. The molecule has 0 fully saturated rings. The molecule has 0 rings (SSSR count). The van der Waals surface area contributed by atoms with Gasteiger partial charge in [0.2, 0.25) is 11.6 Å². The Bertz CT molecular complexity index is 126. The number of ketones is 1. The third-order valence-electron chi connectivity index (χ3n) is 1.07. The van der Waals surface area contributed by atoms with E-state index in [1.54, 1.807) is 0 Å². The maximum atomic E-state index is 10.4. The van der Waals surface area contributed by atoms with Crippen molar-refractivity contribution in [1.29, 1.82) is 0 Å². The largest absolute Gasteiger partial charge is 0.359 e. The van der Waals surface area contributed by atoms with E-state index in [-0.39, 0.29) is 6.42 Å². The third kappa shape index (κ3) is 1.95. The van der Waals surface area contributed by atoms with E-state index in [9.17, 15) is 4.79 Å². The van der Waals surface area contributed by atoms with Gasteiger partial charge in [-0.1, -0.05) is 13.5 Å². The lowest BCUT2D eigenvalue weighted by Crippen LogP contribution is -2.35. The second-order valence-electron chi connectivity index (χ2n) is 1.74. The summed E-state index contributed by atoms with van der Waals surface area (Å²) in [7, 11) is 0. The fraction of sp³-hybridized carbons (Fsp3) is 0.500. The lowest BCUT2D eigenvalue weighted by molar-refractivity contribution is -0.178. The SMILES string of the molecule is C=CC(=O)C(O)(O)CC. The maximum Gasteiger partial charge on any atom is 0.227 e. The van der Waals surface area contributed by atoms with E-state index in [1.807, 2.05) is 0 Å². The molecule has 0 bridgehead atoms. The highest BCUT2D eigenvalue weighted by atomic mass is 16.5. The van der Waals surface area contributed by atoms with Crippen LogP contribution in [-0.2, 0) is 4.79 Å². The average Bonchev–Trinajstić information content (AvgIpc) is 1.86. The van der Waals surface area contributed by atoms with Gasteiger partial charge in [0.15, 0.2) is 0 Å². The molecule has 0 aromatic heterocycles. The first-order chi connectivity index (χ1) is 4.04. The zero-order valence-electron chi connectivity index (χ0n) is 5.29. The summed E-state index contributed by atoms with van der Waals surface area (Å²) in [5.41, 5.74) is 0. The summed E-state index contributed by atoms with van der Waals surface area (Å²) >= 11 is 0. The molecular formula is C6H10O3. The Morgan fingerprint density at radius 3 is 2.33 bits per heavy atom. The normalized spacial score (nSPS) is 11.0. The van der Waals surface area contributed by atoms with Gasteiger partial charge in [-0.15, -0.1) is 0 Å². The molecule has 0 atom stereocenters. The highest BCUT2D eigenvalue weighted by Gasteiger charge is 2.27. The van der Waals surface area contributed by atoms with Gasteiger partial charge in [0, 0.05) is 6.42 Å². The molecule has 0 spiro atoms. The lowest BCUT2D eigenvalue weighted by Gasteiger charge is -2.14. The van der Waals surface area contributed by atoms with Crippen molar-refractivity contribution in [3.05, 3.63) is 12.7 Å². The minimum atomic E-state index is -2.21. The minimum absolute atomic E-state index is 0.0160. The summed E-state index contributed by atoms with van der Waals surface area (Å²) in [5.74, 6) is -2.97. The van der Waals surface area contributed by atoms with Crippen molar-refractivity contribution in [2.24, 2.45) is 0 Å². The van der Waals surface area contributed by atoms with Gasteiger partial charge in [-0.2, -0.15) is 0 Å². The molecule has 3 heteroatoms. The van der Waals surface area contributed by atoms with Crippen molar-refractivity contribution in [3.8, 4) is 0 Å². The first kappa shape index (κ1) is 8.33. The molecule has 52 valence electrons. The van der Waals surface area contributed by atoms with E-state index in [0.29, 0.717) is 0 Å². The highest BCUT2D eigenvalue weighted by molar-refractivity contribution is 5.94. The van der Waals surface area contributed by atoms with Gasteiger partial charge in [-0.25, -0.2) is 0 Å². The fourth-order valence-electron chi connectivity index (χ4n) is 0.338. The minimum Gasteiger partial charge on any atom is -0.359 e. The predicted molar refractivity (Wildman–Crippen MR) is 32.7 cm³/mol. The molecule has 0 saturated heterocycles. The van der Waals surface area contributed by atoms with E-state index < -0.39 is 11.6 Å². The van der Waals surface area contributed by atoms with Crippen molar-refractivity contribution in [1.82, 2.24) is 0 Å². The van der Waals surface area contributed by atoms with Gasteiger partial charge in [0.1, 0.15) is 0 Å². The second kappa shape index (κ2) is 2.75. The molecule has 0 aliphatic rings. The maximum absolute atomic E-state index is 10.4. The molecule has 0 aliphatic heterocycles. The van der Waals surface area contributed by atoms with Crippen LogP contribution in [0.5, 0.6) is 0 Å². The molecular weight excluding hydrogens is 120 g/mol. The zero-order chi connectivity index (χ0) is 7.49. The molecule has 0 aromatic carbocycles. The van der Waals surface area contributed by atoms with Gasteiger partial charge in [0.25, 0.3) is 0 Å². The quantitative estimate of drug-likeness (QED) is 0.412. The molecule has 0 aliphatic carbocycles. The van der Waals surface area contributed by atoms with Gasteiger partial charge in [-0.3, -0.25) is 4.79 Å². The number of hydrogen-bond acceptors (Lipinski definition) is 3. The summed E-state index contributed by atoms with van der Waals surface area (Å²) in [6.07, 6.45) is 0.876. The van der Waals surface area contributed by atoms with Crippen LogP contribution in [-0.4, -0.2) is 21.8 Å². The van der Waals surface area contributed by atoms with Crippen molar-refractivity contribution < 1.29 is 15.0 Å². The van der Waals surface area contributed by atoms with Gasteiger partial charge >= 0.3 is 0 Å². The lowest BCUT2D eigenvalue weighted by atomic mass is 10.1. The van der Waals surface area contributed by atoms with Crippen LogP contribution < -0.4 is 0 Å². The summed E-state index contributed by atoms with van der Waals surface area (Å²) in [6.45, 7) is 4.61. The summed E-state index contributed by atoms with van der Waals surface area (Å²) in [5, 5.41) is 17.5. The van der Waals surface area contributed by atoms with E-state index in [4.69, 9.17) is 10.2 Å². The molecule has 0 amide bonds. The highest BCUT2D eigenvalue weighted by Crippen LogP contribution is 2.05. The first-order valence-electron chi connectivity index (χ1n) is 2.66. The molecule has 0 aromatic rings. The molecule has 0 heterocycles. The fourth-order valence-corrected chi connectivity index (χ4v) is 0.338. The van der Waals surface area contributed by atoms with Crippen LogP contribution in [0.25, 0.3) is 0 Å². The molecule has 0 unspecified atom stereocenters. The van der Waals surface area contributed by atoms with Crippen molar-refractivity contribution in [2.75, 3.05) is 0 Å². The number of aliphatic hydroxyl groups is 2. The van der Waals surface area contributed by atoms with Crippen LogP contribution in [0.1, 0.15) is 13.3 Å². The van der Waals surface area contributed by atoms with Crippen LogP contribution in [0.3, 0.4) is 0 Å². The predicted octanol–water partition coefficient (Wildman–Crippen LogP) is -0.168. The smallest absolute Gasteiger partial charge is 0.227 e. The second-order valence-corrected chi connectivity index (χ2v) is 1.74. The van der Waals surface area contributed by atoms with Crippen LogP contribution in [0.2, 0.25) is 0 Å². The van der Waals surface area contributed by atoms with Gasteiger partial charge in [0.05, 0.1) is 0 Å². The summed E-state index contributed by atoms with van der Waals surface area (Å²) in [6, 6.07) is 0. The van der Waals surface area contributed by atoms with E-state index in [2.05, 4.69) is 6.58 Å². The van der Waals surface area contributed by atoms with E-state index >= 15 is 0 Å². The Morgan fingerprint density at radius 1 is 1.78 bits per heavy atom.